The molecule has 0 atom stereocenters. The van der Waals surface area contributed by atoms with E-state index in [9.17, 15) is 4.79 Å². The topological polar surface area (TPSA) is 69.0 Å². The molecule has 0 aromatic heterocycles. The van der Waals surface area contributed by atoms with Gasteiger partial charge >= 0.3 is 0 Å². The Morgan fingerprint density at radius 1 is 1.07 bits per heavy atom. The zero-order valence-electron chi connectivity index (χ0n) is 16.1. The first-order chi connectivity index (χ1) is 14.2. The van der Waals surface area contributed by atoms with Crippen LogP contribution in [0.1, 0.15) is 21.5 Å². The maximum absolute atomic E-state index is 12.4. The Kier molecular flexibility index (Phi) is 5.19. The highest BCUT2D eigenvalue weighted by atomic mass is 16.1. The molecule has 0 saturated carbocycles. The minimum Gasteiger partial charge on any atom is -0.339 e. The summed E-state index contributed by atoms with van der Waals surface area (Å²) in [5.74, 6) is -0.249. The lowest BCUT2D eigenvalue weighted by Gasteiger charge is -2.17. The average Bonchev–Trinajstić information content (AvgIpc) is 2.97. The summed E-state index contributed by atoms with van der Waals surface area (Å²) in [5, 5.41) is 13.2. The van der Waals surface area contributed by atoms with Crippen LogP contribution in [-0.2, 0) is 6.54 Å². The van der Waals surface area contributed by atoms with Crippen LogP contribution in [0.3, 0.4) is 0 Å². The minimum atomic E-state index is -0.249. The molecule has 2 aromatic rings. The molecule has 1 amide bonds. The second-order valence-electron chi connectivity index (χ2n) is 7.01. The monoisotopic (exact) mass is 380 g/mol. The Hall–Kier alpha value is -3.75. The fourth-order valence-corrected chi connectivity index (χ4v) is 3.45. The van der Waals surface area contributed by atoms with Gasteiger partial charge in [-0.05, 0) is 42.9 Å². The quantitative estimate of drug-likeness (QED) is 0.531. The van der Waals surface area contributed by atoms with Crippen molar-refractivity contribution in [2.75, 3.05) is 13.7 Å². The van der Waals surface area contributed by atoms with Gasteiger partial charge in [0.15, 0.2) is 0 Å². The molecule has 0 radical (unpaired) electrons. The number of amides is 1. The van der Waals surface area contributed by atoms with Gasteiger partial charge < -0.3 is 5.32 Å². The van der Waals surface area contributed by atoms with Gasteiger partial charge in [-0.1, -0.05) is 42.5 Å². The van der Waals surface area contributed by atoms with Crippen molar-refractivity contribution in [3.63, 3.8) is 0 Å². The highest BCUT2D eigenvalue weighted by Crippen LogP contribution is 2.30. The molecule has 0 fully saturated rings. The number of nitrogens with zero attached hydrogens (tertiary/aromatic N) is 3. The number of nitriles is 1. The van der Waals surface area contributed by atoms with E-state index in [1.165, 1.54) is 0 Å². The van der Waals surface area contributed by atoms with Crippen LogP contribution < -0.4 is 5.32 Å². The van der Waals surface area contributed by atoms with Crippen LogP contribution in [0.25, 0.3) is 22.2 Å². The first-order valence-electron chi connectivity index (χ1n) is 9.39. The molecule has 5 nitrogen and oxygen atoms in total. The fourth-order valence-electron chi connectivity index (χ4n) is 3.45. The number of nitrogens with one attached hydrogen (secondary N) is 1. The lowest BCUT2D eigenvalue weighted by molar-refractivity contribution is 0.0928. The molecule has 2 aromatic carbocycles. The number of benzene rings is 2. The third-order valence-electron chi connectivity index (χ3n) is 4.86. The molecule has 0 bridgehead atoms. The van der Waals surface area contributed by atoms with E-state index in [0.29, 0.717) is 24.3 Å². The normalized spacial score (nSPS) is 10.9. The largest absolute Gasteiger partial charge is 0.339 e. The van der Waals surface area contributed by atoms with Crippen molar-refractivity contribution in [3.05, 3.63) is 89.5 Å². The molecule has 2 aliphatic rings. The molecule has 4 rings (SSSR count). The van der Waals surface area contributed by atoms with Crippen molar-refractivity contribution in [2.45, 2.75) is 6.54 Å². The number of rotatable bonds is 5. The van der Waals surface area contributed by atoms with Crippen molar-refractivity contribution in [1.82, 2.24) is 15.2 Å². The summed E-state index contributed by atoms with van der Waals surface area (Å²) in [6.07, 6.45) is 0. The minimum absolute atomic E-state index is 0.249. The van der Waals surface area contributed by atoms with E-state index in [2.05, 4.69) is 34.6 Å². The first kappa shape index (κ1) is 18.6. The van der Waals surface area contributed by atoms with E-state index < -0.39 is 0 Å². The molecular formula is C24H20N4O. The summed E-state index contributed by atoms with van der Waals surface area (Å²) in [7, 11) is 1.95. The highest BCUT2D eigenvalue weighted by molar-refractivity contribution is 5.97. The summed E-state index contributed by atoms with van der Waals surface area (Å²) >= 11 is 0. The van der Waals surface area contributed by atoms with Gasteiger partial charge in [0.05, 0.1) is 35.1 Å². The van der Waals surface area contributed by atoms with Crippen molar-refractivity contribution in [2.24, 2.45) is 0 Å². The van der Waals surface area contributed by atoms with Crippen molar-refractivity contribution < 1.29 is 4.79 Å². The summed E-state index contributed by atoms with van der Waals surface area (Å²) in [4.78, 5) is 19.1. The number of carbonyl (C=O) groups is 1. The zero-order chi connectivity index (χ0) is 20.2. The highest BCUT2D eigenvalue weighted by Gasteiger charge is 2.13. The number of carbonyl (C=O) groups excluding carboxylic acids is 1. The van der Waals surface area contributed by atoms with Gasteiger partial charge in [-0.25, -0.2) is 4.98 Å². The molecule has 1 N–H and O–H groups in total. The Labute approximate surface area is 169 Å². The van der Waals surface area contributed by atoms with E-state index in [1.807, 2.05) is 42.3 Å². The van der Waals surface area contributed by atoms with Gasteiger partial charge in [0.1, 0.15) is 0 Å². The molecule has 0 unspecified atom stereocenters. The SMILES string of the molecule is CN(CNC(=O)c1ccccc1C#N)Cc1cccc2nc3ccccc3c-2c1. The summed E-state index contributed by atoms with van der Waals surface area (Å²) in [5.41, 5.74) is 5.00. The van der Waals surface area contributed by atoms with Crippen molar-refractivity contribution in [1.29, 1.82) is 5.26 Å². The maximum atomic E-state index is 12.4. The van der Waals surface area contributed by atoms with E-state index in [1.54, 1.807) is 24.3 Å². The maximum Gasteiger partial charge on any atom is 0.253 e. The van der Waals surface area contributed by atoms with Crippen LogP contribution in [0.5, 0.6) is 0 Å². The number of fused-ring (bicyclic) bond motifs is 3. The molecule has 0 saturated heterocycles. The molecule has 29 heavy (non-hydrogen) atoms. The Bertz CT molecular complexity index is 1190. The van der Waals surface area contributed by atoms with Crippen LogP contribution in [0.15, 0.2) is 72.8 Å². The zero-order valence-corrected chi connectivity index (χ0v) is 16.1. The average molecular weight is 380 g/mol. The lowest BCUT2D eigenvalue weighted by atomic mass is 10.1. The van der Waals surface area contributed by atoms with E-state index in [-0.39, 0.29) is 5.91 Å². The number of hydrogen-bond acceptors (Lipinski definition) is 4. The standard InChI is InChI=1S/C24H20N4O/c1-28(16-26-24(29)19-9-3-2-8-18(19)14-25)15-17-7-6-12-23-21(13-17)20-10-4-5-11-22(20)27-23/h2-13H,15-16H2,1H3,(H,26,29). The molecule has 1 aliphatic carbocycles. The molecule has 5 heteroatoms. The van der Waals surface area contributed by atoms with Crippen LogP contribution in [0.4, 0.5) is 0 Å². The summed E-state index contributed by atoms with van der Waals surface area (Å²) in [6, 6.07) is 25.3. The number of hydrogen-bond donors (Lipinski definition) is 1. The van der Waals surface area contributed by atoms with Gasteiger partial charge in [0.25, 0.3) is 5.91 Å². The molecular weight excluding hydrogens is 360 g/mol. The van der Waals surface area contributed by atoms with Crippen LogP contribution >= 0.6 is 0 Å². The predicted molar refractivity (Wildman–Crippen MR) is 113 cm³/mol. The summed E-state index contributed by atoms with van der Waals surface area (Å²) < 4.78 is 0. The molecule has 0 spiro atoms. The van der Waals surface area contributed by atoms with E-state index in [4.69, 9.17) is 5.26 Å². The van der Waals surface area contributed by atoms with Crippen molar-refractivity contribution in [3.8, 4) is 17.3 Å². The van der Waals surface area contributed by atoms with Gasteiger partial charge in [0, 0.05) is 17.5 Å². The van der Waals surface area contributed by atoms with Gasteiger partial charge in [-0.3, -0.25) is 9.69 Å². The molecule has 1 heterocycles. The van der Waals surface area contributed by atoms with Gasteiger partial charge in [-0.2, -0.15) is 5.26 Å². The smallest absolute Gasteiger partial charge is 0.253 e. The Morgan fingerprint density at radius 2 is 1.86 bits per heavy atom. The fraction of sp³-hybridized carbons (Fsp3) is 0.125. The van der Waals surface area contributed by atoms with Crippen LogP contribution in [0.2, 0.25) is 0 Å². The molecule has 1 aliphatic heterocycles. The Balaban J connectivity index is 1.48. The second kappa shape index (κ2) is 8.09. The van der Waals surface area contributed by atoms with Crippen LogP contribution in [0, 0.1) is 11.3 Å². The van der Waals surface area contributed by atoms with Gasteiger partial charge in [-0.15, -0.1) is 0 Å². The van der Waals surface area contributed by atoms with Crippen molar-refractivity contribution >= 4 is 16.8 Å². The number of para-hydroxylation sites is 1. The third kappa shape index (κ3) is 3.93. The van der Waals surface area contributed by atoms with E-state index in [0.717, 1.165) is 27.7 Å². The lowest BCUT2D eigenvalue weighted by Crippen LogP contribution is -2.35. The van der Waals surface area contributed by atoms with E-state index >= 15 is 0 Å². The number of aromatic nitrogens is 1. The summed E-state index contributed by atoms with van der Waals surface area (Å²) in [6.45, 7) is 1.05. The molecule has 142 valence electrons. The first-order valence-corrected chi connectivity index (χ1v) is 9.39. The Morgan fingerprint density at radius 3 is 2.72 bits per heavy atom. The second-order valence-corrected chi connectivity index (χ2v) is 7.01. The third-order valence-corrected chi connectivity index (χ3v) is 4.86. The predicted octanol–water partition coefficient (Wildman–Crippen LogP) is 4.03. The van der Waals surface area contributed by atoms with Gasteiger partial charge in [0.2, 0.25) is 0 Å². The van der Waals surface area contributed by atoms with Crippen LogP contribution in [-0.4, -0.2) is 29.5 Å².